The standard InChI is InChI=1S/C7H12O3/c1-4-7(10-5-8)6(2)9-3/h5H,4H2,1-3H3/b7-6-. The molecule has 0 aliphatic heterocycles. The Bertz CT molecular complexity index is 138. The lowest BCUT2D eigenvalue weighted by molar-refractivity contribution is -0.125. The minimum Gasteiger partial charge on any atom is -0.498 e. The third kappa shape index (κ3) is 2.53. The van der Waals surface area contributed by atoms with Gasteiger partial charge in [-0.1, -0.05) is 6.92 Å². The molecule has 0 amide bonds. The summed E-state index contributed by atoms with van der Waals surface area (Å²) in [7, 11) is 1.54. The van der Waals surface area contributed by atoms with Crippen LogP contribution in [-0.2, 0) is 14.3 Å². The molecule has 0 N–H and O–H groups in total. The first-order chi connectivity index (χ1) is 4.76. The second-order valence-corrected chi connectivity index (χ2v) is 1.75. The van der Waals surface area contributed by atoms with E-state index in [9.17, 15) is 4.79 Å². The molecule has 0 aliphatic carbocycles. The predicted octanol–water partition coefficient (Wildman–Crippen LogP) is 1.45. The Morgan fingerprint density at radius 1 is 1.60 bits per heavy atom. The molecule has 0 saturated heterocycles. The maximum absolute atomic E-state index is 9.88. The lowest BCUT2D eigenvalue weighted by Crippen LogP contribution is -1.94. The van der Waals surface area contributed by atoms with Gasteiger partial charge in [-0.3, -0.25) is 4.79 Å². The molecule has 3 nitrogen and oxygen atoms in total. The number of hydrogen-bond donors (Lipinski definition) is 0. The number of carbonyl (C=O) groups is 1. The number of allylic oxidation sites excluding steroid dienone is 2. The molecule has 0 unspecified atom stereocenters. The van der Waals surface area contributed by atoms with E-state index in [0.717, 1.165) is 0 Å². The fourth-order valence-electron chi connectivity index (χ4n) is 0.587. The Labute approximate surface area is 60.6 Å². The molecule has 0 aromatic carbocycles. The van der Waals surface area contributed by atoms with Crippen LogP contribution in [-0.4, -0.2) is 13.6 Å². The van der Waals surface area contributed by atoms with Gasteiger partial charge in [-0.25, -0.2) is 0 Å². The zero-order valence-electron chi connectivity index (χ0n) is 6.51. The summed E-state index contributed by atoms with van der Waals surface area (Å²) in [5, 5.41) is 0. The van der Waals surface area contributed by atoms with Gasteiger partial charge in [0.05, 0.1) is 7.11 Å². The van der Waals surface area contributed by atoms with Crippen LogP contribution in [0, 0.1) is 0 Å². The summed E-state index contributed by atoms with van der Waals surface area (Å²) in [5.74, 6) is 1.23. The molecular weight excluding hydrogens is 132 g/mol. The van der Waals surface area contributed by atoms with Gasteiger partial charge in [0, 0.05) is 6.42 Å². The van der Waals surface area contributed by atoms with Crippen molar-refractivity contribution in [2.45, 2.75) is 20.3 Å². The number of hydrogen-bond acceptors (Lipinski definition) is 3. The Kier molecular flexibility index (Phi) is 4.37. The van der Waals surface area contributed by atoms with Crippen molar-refractivity contribution in [3.05, 3.63) is 11.5 Å². The van der Waals surface area contributed by atoms with E-state index in [2.05, 4.69) is 4.74 Å². The molecule has 0 spiro atoms. The highest BCUT2D eigenvalue weighted by Gasteiger charge is 1.99. The first-order valence-corrected chi connectivity index (χ1v) is 3.10. The Morgan fingerprint density at radius 3 is 2.50 bits per heavy atom. The molecule has 0 aliphatic rings. The van der Waals surface area contributed by atoms with Gasteiger partial charge >= 0.3 is 0 Å². The number of methoxy groups -OCH3 is 1. The van der Waals surface area contributed by atoms with Crippen molar-refractivity contribution in [2.75, 3.05) is 7.11 Å². The van der Waals surface area contributed by atoms with Crippen LogP contribution < -0.4 is 0 Å². The highest BCUT2D eigenvalue weighted by Crippen LogP contribution is 2.08. The molecule has 0 bridgehead atoms. The highest BCUT2D eigenvalue weighted by atomic mass is 16.5. The monoisotopic (exact) mass is 144 g/mol. The van der Waals surface area contributed by atoms with Crippen LogP contribution in [0.1, 0.15) is 20.3 Å². The molecule has 0 saturated carbocycles. The van der Waals surface area contributed by atoms with Crippen molar-refractivity contribution < 1.29 is 14.3 Å². The topological polar surface area (TPSA) is 35.5 Å². The third-order valence-corrected chi connectivity index (χ3v) is 1.21. The van der Waals surface area contributed by atoms with Gasteiger partial charge in [0.15, 0.2) is 0 Å². The number of rotatable bonds is 4. The Balaban J connectivity index is 4.13. The lowest BCUT2D eigenvalue weighted by Gasteiger charge is -2.04. The van der Waals surface area contributed by atoms with Crippen LogP contribution in [0.5, 0.6) is 0 Å². The van der Waals surface area contributed by atoms with Gasteiger partial charge in [0.25, 0.3) is 6.47 Å². The van der Waals surface area contributed by atoms with Crippen LogP contribution >= 0.6 is 0 Å². The number of ether oxygens (including phenoxy) is 2. The van der Waals surface area contributed by atoms with Gasteiger partial charge in [0.1, 0.15) is 11.5 Å². The third-order valence-electron chi connectivity index (χ3n) is 1.21. The SMILES string of the molecule is CC/C(OC=O)=C(\C)OC. The summed E-state index contributed by atoms with van der Waals surface area (Å²) in [6.45, 7) is 4.05. The highest BCUT2D eigenvalue weighted by molar-refractivity contribution is 5.40. The van der Waals surface area contributed by atoms with Gasteiger partial charge in [-0.15, -0.1) is 0 Å². The Morgan fingerprint density at radius 2 is 2.20 bits per heavy atom. The second kappa shape index (κ2) is 4.85. The lowest BCUT2D eigenvalue weighted by atomic mass is 10.3. The van der Waals surface area contributed by atoms with Crippen LogP contribution in [0.4, 0.5) is 0 Å². The number of carbonyl (C=O) groups excluding carboxylic acids is 1. The van der Waals surface area contributed by atoms with E-state index in [4.69, 9.17) is 4.74 Å². The predicted molar refractivity (Wildman–Crippen MR) is 37.1 cm³/mol. The van der Waals surface area contributed by atoms with Crippen LogP contribution in [0.15, 0.2) is 11.5 Å². The van der Waals surface area contributed by atoms with Crippen molar-refractivity contribution in [3.63, 3.8) is 0 Å². The van der Waals surface area contributed by atoms with Crippen molar-refractivity contribution in [2.24, 2.45) is 0 Å². The zero-order valence-corrected chi connectivity index (χ0v) is 6.51. The van der Waals surface area contributed by atoms with Gasteiger partial charge in [-0.2, -0.15) is 0 Å². The van der Waals surface area contributed by atoms with E-state index in [1.807, 2.05) is 6.92 Å². The van der Waals surface area contributed by atoms with E-state index < -0.39 is 0 Å². The molecule has 0 aromatic heterocycles. The first-order valence-electron chi connectivity index (χ1n) is 3.10. The summed E-state index contributed by atoms with van der Waals surface area (Å²) in [5.41, 5.74) is 0. The minimum absolute atomic E-state index is 0.404. The van der Waals surface area contributed by atoms with Crippen LogP contribution in [0.2, 0.25) is 0 Å². The van der Waals surface area contributed by atoms with E-state index in [1.54, 1.807) is 14.0 Å². The molecule has 0 radical (unpaired) electrons. The largest absolute Gasteiger partial charge is 0.498 e. The van der Waals surface area contributed by atoms with E-state index in [1.165, 1.54) is 0 Å². The van der Waals surface area contributed by atoms with Gasteiger partial charge < -0.3 is 9.47 Å². The fraction of sp³-hybridized carbons (Fsp3) is 0.571. The molecule has 0 heterocycles. The van der Waals surface area contributed by atoms with Crippen molar-refractivity contribution in [1.29, 1.82) is 0 Å². The minimum atomic E-state index is 0.404. The molecule has 0 fully saturated rings. The maximum Gasteiger partial charge on any atom is 0.298 e. The second-order valence-electron chi connectivity index (χ2n) is 1.75. The van der Waals surface area contributed by atoms with Crippen molar-refractivity contribution in [3.8, 4) is 0 Å². The summed E-state index contributed by atoms with van der Waals surface area (Å²) in [6, 6.07) is 0. The Hall–Kier alpha value is -0.990. The smallest absolute Gasteiger partial charge is 0.298 e. The molecule has 58 valence electrons. The summed E-state index contributed by atoms with van der Waals surface area (Å²) in [6.07, 6.45) is 0.665. The summed E-state index contributed by atoms with van der Waals surface area (Å²) < 4.78 is 9.47. The van der Waals surface area contributed by atoms with E-state index in [-0.39, 0.29) is 0 Å². The molecule has 0 aromatic rings. The van der Waals surface area contributed by atoms with Gasteiger partial charge in [-0.05, 0) is 6.92 Å². The first kappa shape index (κ1) is 9.01. The van der Waals surface area contributed by atoms with Gasteiger partial charge in [0.2, 0.25) is 0 Å². The molecule has 3 heteroatoms. The normalized spacial score (nSPS) is 11.9. The fourth-order valence-corrected chi connectivity index (χ4v) is 0.587. The van der Waals surface area contributed by atoms with Crippen LogP contribution in [0.3, 0.4) is 0 Å². The maximum atomic E-state index is 9.88. The molecule has 10 heavy (non-hydrogen) atoms. The van der Waals surface area contributed by atoms with Crippen LogP contribution in [0.25, 0.3) is 0 Å². The average Bonchev–Trinajstić information content (AvgIpc) is 1.99. The molecule has 0 rings (SSSR count). The quantitative estimate of drug-likeness (QED) is 0.442. The van der Waals surface area contributed by atoms with E-state index >= 15 is 0 Å². The van der Waals surface area contributed by atoms with E-state index in [0.29, 0.717) is 24.4 Å². The molecular formula is C7H12O3. The summed E-state index contributed by atoms with van der Waals surface area (Å²) >= 11 is 0. The average molecular weight is 144 g/mol. The van der Waals surface area contributed by atoms with Crippen molar-refractivity contribution >= 4 is 6.47 Å². The van der Waals surface area contributed by atoms with Crippen molar-refractivity contribution in [1.82, 2.24) is 0 Å². The summed E-state index contributed by atoms with van der Waals surface area (Å²) in [4.78, 5) is 9.88. The molecule has 0 atom stereocenters. The zero-order chi connectivity index (χ0) is 7.98.